The van der Waals surface area contributed by atoms with Gasteiger partial charge in [0, 0.05) is 19.6 Å². The van der Waals surface area contributed by atoms with Gasteiger partial charge in [0.1, 0.15) is 0 Å². The molecule has 96 valence electrons. The van der Waals surface area contributed by atoms with Crippen molar-refractivity contribution in [3.8, 4) is 0 Å². The van der Waals surface area contributed by atoms with E-state index in [1.165, 1.54) is 0 Å². The summed E-state index contributed by atoms with van der Waals surface area (Å²) in [5, 5.41) is 3.29. The van der Waals surface area contributed by atoms with E-state index in [1.807, 2.05) is 6.92 Å². The third-order valence-corrected chi connectivity index (χ3v) is 4.68. The van der Waals surface area contributed by atoms with Crippen molar-refractivity contribution in [1.82, 2.24) is 14.3 Å². The first-order valence-electron chi connectivity index (χ1n) is 6.05. The molecule has 0 radical (unpaired) electrons. The second-order valence-electron chi connectivity index (χ2n) is 4.15. The van der Waals surface area contributed by atoms with Gasteiger partial charge in [-0.1, -0.05) is 13.8 Å². The summed E-state index contributed by atoms with van der Waals surface area (Å²) in [6.07, 6.45) is 2.14. The van der Waals surface area contributed by atoms with Crippen LogP contribution in [-0.2, 0) is 10.2 Å². The zero-order valence-corrected chi connectivity index (χ0v) is 11.0. The molecule has 0 unspecified atom stereocenters. The van der Waals surface area contributed by atoms with Crippen LogP contribution in [0.4, 0.5) is 0 Å². The molecule has 1 aliphatic heterocycles. The molecule has 0 aliphatic carbocycles. The summed E-state index contributed by atoms with van der Waals surface area (Å²) in [5.74, 6) is 0.495. The van der Waals surface area contributed by atoms with E-state index in [0.717, 1.165) is 25.9 Å². The van der Waals surface area contributed by atoms with E-state index < -0.39 is 10.2 Å². The molecule has 1 fully saturated rings. The zero-order valence-electron chi connectivity index (χ0n) is 10.2. The first-order chi connectivity index (χ1) is 7.60. The van der Waals surface area contributed by atoms with Crippen LogP contribution in [0.1, 0.15) is 26.7 Å². The number of hydrogen-bond acceptors (Lipinski definition) is 3. The van der Waals surface area contributed by atoms with Gasteiger partial charge in [-0.2, -0.15) is 12.7 Å². The molecular formula is C10H23N3O2S. The van der Waals surface area contributed by atoms with Gasteiger partial charge in [0.15, 0.2) is 0 Å². The third kappa shape index (κ3) is 4.01. The average Bonchev–Trinajstić information content (AvgIpc) is 2.27. The first kappa shape index (κ1) is 13.9. The molecule has 1 aliphatic rings. The van der Waals surface area contributed by atoms with E-state index in [9.17, 15) is 8.42 Å². The fraction of sp³-hybridized carbons (Fsp3) is 1.00. The predicted molar refractivity (Wildman–Crippen MR) is 65.4 cm³/mol. The zero-order chi connectivity index (χ0) is 12.0. The summed E-state index contributed by atoms with van der Waals surface area (Å²) in [6.45, 7) is 7.33. The van der Waals surface area contributed by atoms with Crippen LogP contribution in [0.25, 0.3) is 0 Å². The van der Waals surface area contributed by atoms with Crippen molar-refractivity contribution in [2.24, 2.45) is 5.92 Å². The molecule has 0 spiro atoms. The molecule has 0 saturated carbocycles. The van der Waals surface area contributed by atoms with Crippen molar-refractivity contribution in [3.63, 3.8) is 0 Å². The second-order valence-corrected chi connectivity index (χ2v) is 5.90. The molecule has 1 saturated heterocycles. The van der Waals surface area contributed by atoms with Crippen molar-refractivity contribution >= 4 is 10.2 Å². The summed E-state index contributed by atoms with van der Waals surface area (Å²) >= 11 is 0. The Morgan fingerprint density at radius 3 is 2.44 bits per heavy atom. The Balaban J connectivity index is 2.53. The molecule has 16 heavy (non-hydrogen) atoms. The Morgan fingerprint density at radius 1 is 1.31 bits per heavy atom. The SMILES string of the molecule is CCNS(=O)(=O)N(CC)CC1CCNCC1. The van der Waals surface area contributed by atoms with Crippen molar-refractivity contribution in [2.75, 3.05) is 32.7 Å². The van der Waals surface area contributed by atoms with Gasteiger partial charge in [-0.3, -0.25) is 0 Å². The van der Waals surface area contributed by atoms with Gasteiger partial charge in [0.25, 0.3) is 10.2 Å². The Kier molecular flexibility index (Phi) is 5.68. The Hall–Kier alpha value is -0.170. The fourth-order valence-corrected chi connectivity index (χ4v) is 3.32. The Morgan fingerprint density at radius 2 is 1.94 bits per heavy atom. The molecular weight excluding hydrogens is 226 g/mol. The first-order valence-corrected chi connectivity index (χ1v) is 7.49. The highest BCUT2D eigenvalue weighted by atomic mass is 32.2. The largest absolute Gasteiger partial charge is 0.317 e. The molecule has 0 aromatic rings. The van der Waals surface area contributed by atoms with Crippen LogP contribution < -0.4 is 10.0 Å². The summed E-state index contributed by atoms with van der Waals surface area (Å²) in [5.41, 5.74) is 0. The van der Waals surface area contributed by atoms with E-state index in [-0.39, 0.29) is 0 Å². The van der Waals surface area contributed by atoms with E-state index >= 15 is 0 Å². The van der Waals surface area contributed by atoms with Crippen LogP contribution in [0, 0.1) is 5.92 Å². The van der Waals surface area contributed by atoms with Crippen molar-refractivity contribution in [2.45, 2.75) is 26.7 Å². The van der Waals surface area contributed by atoms with Crippen LogP contribution in [0.2, 0.25) is 0 Å². The quantitative estimate of drug-likeness (QED) is 0.705. The molecule has 0 atom stereocenters. The van der Waals surface area contributed by atoms with Gasteiger partial charge < -0.3 is 5.32 Å². The van der Waals surface area contributed by atoms with Crippen molar-refractivity contribution in [1.29, 1.82) is 0 Å². The molecule has 1 rings (SSSR count). The van der Waals surface area contributed by atoms with Crippen LogP contribution in [0.5, 0.6) is 0 Å². The van der Waals surface area contributed by atoms with E-state index in [2.05, 4.69) is 10.0 Å². The van der Waals surface area contributed by atoms with Crippen LogP contribution >= 0.6 is 0 Å². The van der Waals surface area contributed by atoms with Gasteiger partial charge >= 0.3 is 0 Å². The summed E-state index contributed by atoms with van der Waals surface area (Å²) in [6, 6.07) is 0. The molecule has 0 amide bonds. The summed E-state index contributed by atoms with van der Waals surface area (Å²) < 4.78 is 27.8. The van der Waals surface area contributed by atoms with Gasteiger partial charge in [-0.05, 0) is 31.8 Å². The molecule has 2 N–H and O–H groups in total. The predicted octanol–water partition coefficient (Wildman–Crippen LogP) is 0.162. The fourth-order valence-electron chi connectivity index (χ4n) is 2.02. The monoisotopic (exact) mass is 249 g/mol. The lowest BCUT2D eigenvalue weighted by Gasteiger charge is -2.28. The molecule has 5 nitrogen and oxygen atoms in total. The molecule has 1 heterocycles. The molecule has 0 bridgehead atoms. The lowest BCUT2D eigenvalue weighted by Crippen LogP contribution is -2.44. The molecule has 0 aromatic heterocycles. The average molecular weight is 249 g/mol. The molecule has 0 aromatic carbocycles. The maximum absolute atomic E-state index is 11.8. The normalized spacial score (nSPS) is 19.2. The highest BCUT2D eigenvalue weighted by Crippen LogP contribution is 2.14. The smallest absolute Gasteiger partial charge is 0.279 e. The lowest BCUT2D eigenvalue weighted by atomic mass is 9.98. The Bertz CT molecular complexity index is 286. The number of hydrogen-bond donors (Lipinski definition) is 2. The minimum Gasteiger partial charge on any atom is -0.317 e. The van der Waals surface area contributed by atoms with Gasteiger partial charge in [-0.25, -0.2) is 4.72 Å². The third-order valence-electron chi connectivity index (χ3n) is 2.94. The standard InChI is InChI=1S/C10H23N3O2S/c1-3-12-16(14,15)13(4-2)9-10-5-7-11-8-6-10/h10-12H,3-9H2,1-2H3. The van der Waals surface area contributed by atoms with Gasteiger partial charge in [0.2, 0.25) is 0 Å². The van der Waals surface area contributed by atoms with Crippen molar-refractivity contribution in [3.05, 3.63) is 0 Å². The molecule has 6 heteroatoms. The summed E-state index contributed by atoms with van der Waals surface area (Å²) in [4.78, 5) is 0. The second kappa shape index (κ2) is 6.54. The topological polar surface area (TPSA) is 61.4 Å². The van der Waals surface area contributed by atoms with E-state index in [4.69, 9.17) is 0 Å². The maximum atomic E-state index is 11.8. The minimum absolute atomic E-state index is 0.449. The van der Waals surface area contributed by atoms with Gasteiger partial charge in [-0.15, -0.1) is 0 Å². The minimum atomic E-state index is -3.26. The van der Waals surface area contributed by atoms with Crippen LogP contribution in [0.3, 0.4) is 0 Å². The van der Waals surface area contributed by atoms with Crippen molar-refractivity contribution < 1.29 is 8.42 Å². The van der Waals surface area contributed by atoms with Crippen LogP contribution in [-0.4, -0.2) is 45.4 Å². The van der Waals surface area contributed by atoms with Crippen LogP contribution in [0.15, 0.2) is 0 Å². The van der Waals surface area contributed by atoms with E-state index in [0.29, 0.717) is 25.6 Å². The highest BCUT2D eigenvalue weighted by molar-refractivity contribution is 7.87. The Labute approximate surface area is 98.8 Å². The summed E-state index contributed by atoms with van der Waals surface area (Å²) in [7, 11) is -3.26. The maximum Gasteiger partial charge on any atom is 0.279 e. The van der Waals surface area contributed by atoms with E-state index in [1.54, 1.807) is 11.2 Å². The number of piperidine rings is 1. The highest BCUT2D eigenvalue weighted by Gasteiger charge is 2.23. The number of nitrogens with zero attached hydrogens (tertiary/aromatic N) is 1. The van der Waals surface area contributed by atoms with Gasteiger partial charge in [0.05, 0.1) is 0 Å². The lowest BCUT2D eigenvalue weighted by molar-refractivity contribution is 0.292. The number of rotatable bonds is 6. The number of nitrogens with one attached hydrogen (secondary N) is 2.